The lowest BCUT2D eigenvalue weighted by Crippen LogP contribution is -2.35. The summed E-state index contributed by atoms with van der Waals surface area (Å²) in [6.07, 6.45) is 0.729. The lowest BCUT2D eigenvalue weighted by Gasteiger charge is -2.09. The van der Waals surface area contributed by atoms with Gasteiger partial charge in [0, 0.05) is 28.6 Å². The van der Waals surface area contributed by atoms with Crippen LogP contribution in [0.1, 0.15) is 28.9 Å². The monoisotopic (exact) mass is 300 g/mol. The normalized spacial score (nSPS) is 17.5. The molecule has 0 bridgehead atoms. The van der Waals surface area contributed by atoms with Crippen LogP contribution in [0.5, 0.6) is 0 Å². The highest BCUT2D eigenvalue weighted by atomic mass is 16.5. The zero-order valence-corrected chi connectivity index (χ0v) is 12.1. The number of benzene rings is 1. The van der Waals surface area contributed by atoms with E-state index in [4.69, 9.17) is 4.74 Å². The zero-order chi connectivity index (χ0) is 15.7. The molecule has 0 saturated carbocycles. The molecule has 22 heavy (non-hydrogen) atoms. The number of hydrogen-bond donors (Lipinski definition) is 2. The van der Waals surface area contributed by atoms with Crippen molar-refractivity contribution in [1.29, 1.82) is 0 Å². The molecule has 1 aromatic heterocycles. The number of nitrogens with one attached hydrogen (secondary N) is 2. The quantitative estimate of drug-likeness (QED) is 0.661. The Kier molecular flexibility index (Phi) is 3.66. The van der Waals surface area contributed by atoms with Gasteiger partial charge in [-0.15, -0.1) is 0 Å². The molecule has 1 fully saturated rings. The van der Waals surface area contributed by atoms with Crippen LogP contribution in [0.3, 0.4) is 0 Å². The number of Topliss-reactive ketones (excluding diaryl/α,β-unsaturated/α-hetero) is 1. The Bertz CT molecular complexity index is 763. The number of H-pyrrole nitrogens is 1. The fourth-order valence-corrected chi connectivity index (χ4v) is 2.74. The minimum atomic E-state index is -0.635. The van der Waals surface area contributed by atoms with Crippen LogP contribution >= 0.6 is 0 Å². The first-order chi connectivity index (χ1) is 10.6. The van der Waals surface area contributed by atoms with E-state index in [1.807, 2.05) is 31.2 Å². The third-order valence-electron chi connectivity index (χ3n) is 3.80. The maximum Gasteiger partial charge on any atom is 0.329 e. The zero-order valence-electron chi connectivity index (χ0n) is 12.1. The van der Waals surface area contributed by atoms with E-state index in [2.05, 4.69) is 10.3 Å². The number of amides is 1. The molecule has 6 nitrogen and oxygen atoms in total. The van der Waals surface area contributed by atoms with Crippen molar-refractivity contribution in [3.8, 4) is 0 Å². The fourth-order valence-electron chi connectivity index (χ4n) is 2.74. The number of fused-ring (bicyclic) bond motifs is 1. The number of para-hydroxylation sites is 1. The summed E-state index contributed by atoms with van der Waals surface area (Å²) in [5.74, 6) is -0.981. The van der Waals surface area contributed by atoms with Crippen molar-refractivity contribution < 1.29 is 19.1 Å². The molecule has 0 aliphatic carbocycles. The molecule has 6 heteroatoms. The van der Waals surface area contributed by atoms with E-state index in [-0.39, 0.29) is 18.3 Å². The Morgan fingerprint density at radius 2 is 2.09 bits per heavy atom. The van der Waals surface area contributed by atoms with E-state index in [0.717, 1.165) is 16.6 Å². The van der Waals surface area contributed by atoms with Crippen LogP contribution in [-0.4, -0.2) is 35.3 Å². The second-order valence-corrected chi connectivity index (χ2v) is 5.36. The van der Waals surface area contributed by atoms with Crippen molar-refractivity contribution in [3.63, 3.8) is 0 Å². The highest BCUT2D eigenvalue weighted by molar-refractivity contribution is 6.10. The minimum absolute atomic E-state index is 0.166. The lowest BCUT2D eigenvalue weighted by atomic mass is 10.1. The third kappa shape index (κ3) is 2.59. The SMILES string of the molecule is Cc1[nH]c2ccccc2c1C(=O)COC(=O)[C@@H]1CCC(=O)N1. The standard InChI is InChI=1S/C16H16N2O4/c1-9-15(10-4-2-3-5-11(10)17-9)13(19)8-22-16(21)12-6-7-14(20)18-12/h2-5,12,17H,6-8H2,1H3,(H,18,20)/t12-/m0/s1. The molecule has 0 radical (unpaired) electrons. The van der Waals surface area contributed by atoms with Gasteiger partial charge < -0.3 is 15.0 Å². The summed E-state index contributed by atoms with van der Waals surface area (Å²) in [4.78, 5) is 38.4. The van der Waals surface area contributed by atoms with Gasteiger partial charge in [-0.1, -0.05) is 18.2 Å². The summed E-state index contributed by atoms with van der Waals surface area (Å²) >= 11 is 0. The van der Waals surface area contributed by atoms with Crippen molar-refractivity contribution in [3.05, 3.63) is 35.5 Å². The molecule has 1 amide bonds. The predicted octanol–water partition coefficient (Wildman–Crippen LogP) is 1.48. The van der Waals surface area contributed by atoms with E-state index in [1.54, 1.807) is 0 Å². The summed E-state index contributed by atoms with van der Waals surface area (Å²) in [5.41, 5.74) is 2.16. The van der Waals surface area contributed by atoms with Gasteiger partial charge in [0.2, 0.25) is 11.7 Å². The van der Waals surface area contributed by atoms with E-state index in [0.29, 0.717) is 18.4 Å². The van der Waals surface area contributed by atoms with E-state index in [9.17, 15) is 14.4 Å². The van der Waals surface area contributed by atoms with Crippen LogP contribution < -0.4 is 5.32 Å². The molecule has 3 rings (SSSR count). The van der Waals surface area contributed by atoms with Crippen molar-refractivity contribution in [2.45, 2.75) is 25.8 Å². The molecule has 1 aliphatic heterocycles. The third-order valence-corrected chi connectivity index (χ3v) is 3.80. The molecular weight excluding hydrogens is 284 g/mol. The van der Waals surface area contributed by atoms with Crippen LogP contribution in [0.15, 0.2) is 24.3 Å². The van der Waals surface area contributed by atoms with Crippen LogP contribution in [0.25, 0.3) is 10.9 Å². The van der Waals surface area contributed by atoms with Gasteiger partial charge in [-0.2, -0.15) is 0 Å². The molecule has 2 aromatic rings. The molecule has 1 aromatic carbocycles. The van der Waals surface area contributed by atoms with E-state index < -0.39 is 12.0 Å². The summed E-state index contributed by atoms with van der Waals surface area (Å²) < 4.78 is 5.05. The van der Waals surface area contributed by atoms with Crippen molar-refractivity contribution in [2.75, 3.05) is 6.61 Å². The van der Waals surface area contributed by atoms with Crippen LogP contribution in [-0.2, 0) is 14.3 Å². The molecular formula is C16H16N2O4. The molecule has 0 spiro atoms. The Labute approximate surface area is 126 Å². The highest BCUT2D eigenvalue weighted by Gasteiger charge is 2.29. The van der Waals surface area contributed by atoms with Gasteiger partial charge in [-0.25, -0.2) is 4.79 Å². The van der Waals surface area contributed by atoms with Gasteiger partial charge in [0.25, 0.3) is 0 Å². The maximum atomic E-state index is 12.3. The first-order valence-corrected chi connectivity index (χ1v) is 7.13. The number of rotatable bonds is 4. The minimum Gasteiger partial charge on any atom is -0.456 e. The van der Waals surface area contributed by atoms with Gasteiger partial charge >= 0.3 is 5.97 Å². The smallest absolute Gasteiger partial charge is 0.329 e. The number of carbonyl (C=O) groups excluding carboxylic acids is 3. The van der Waals surface area contributed by atoms with Crippen LogP contribution in [0.4, 0.5) is 0 Å². The topological polar surface area (TPSA) is 88.3 Å². The number of aryl methyl sites for hydroxylation is 1. The molecule has 2 heterocycles. The summed E-state index contributed by atoms with van der Waals surface area (Å²) in [6, 6.07) is 6.84. The van der Waals surface area contributed by atoms with Crippen molar-refractivity contribution in [2.24, 2.45) is 0 Å². The van der Waals surface area contributed by atoms with Crippen LogP contribution in [0, 0.1) is 6.92 Å². The highest BCUT2D eigenvalue weighted by Crippen LogP contribution is 2.22. The number of hydrogen-bond acceptors (Lipinski definition) is 4. The van der Waals surface area contributed by atoms with Gasteiger partial charge in [0.15, 0.2) is 6.61 Å². The van der Waals surface area contributed by atoms with E-state index in [1.165, 1.54) is 0 Å². The largest absolute Gasteiger partial charge is 0.456 e. The van der Waals surface area contributed by atoms with Crippen molar-refractivity contribution >= 4 is 28.6 Å². The Balaban J connectivity index is 1.70. The van der Waals surface area contributed by atoms with Gasteiger partial charge in [0.05, 0.1) is 0 Å². The summed E-state index contributed by atoms with van der Waals surface area (Å²) in [6.45, 7) is 1.49. The van der Waals surface area contributed by atoms with Gasteiger partial charge in [-0.05, 0) is 19.4 Å². The van der Waals surface area contributed by atoms with Gasteiger partial charge in [-0.3, -0.25) is 9.59 Å². The molecule has 2 N–H and O–H groups in total. The molecule has 114 valence electrons. The molecule has 1 aliphatic rings. The fraction of sp³-hybridized carbons (Fsp3) is 0.312. The molecule has 1 atom stereocenters. The average molecular weight is 300 g/mol. The Morgan fingerprint density at radius 3 is 2.82 bits per heavy atom. The number of ketones is 1. The van der Waals surface area contributed by atoms with Crippen molar-refractivity contribution in [1.82, 2.24) is 10.3 Å². The predicted molar refractivity (Wildman–Crippen MR) is 79.5 cm³/mol. The number of aromatic amines is 1. The number of carbonyl (C=O) groups is 3. The Hall–Kier alpha value is -2.63. The maximum absolute atomic E-state index is 12.3. The molecule has 0 unspecified atom stereocenters. The first-order valence-electron chi connectivity index (χ1n) is 7.13. The number of ether oxygens (including phenoxy) is 1. The number of aromatic nitrogens is 1. The van der Waals surface area contributed by atoms with Gasteiger partial charge in [0.1, 0.15) is 6.04 Å². The van der Waals surface area contributed by atoms with Crippen LogP contribution in [0.2, 0.25) is 0 Å². The molecule has 1 saturated heterocycles. The first kappa shape index (κ1) is 14.3. The van der Waals surface area contributed by atoms with E-state index >= 15 is 0 Å². The summed E-state index contributed by atoms with van der Waals surface area (Å²) in [5, 5.41) is 3.34. The Morgan fingerprint density at radius 1 is 1.32 bits per heavy atom. The lowest BCUT2D eigenvalue weighted by molar-refractivity contribution is -0.145. The number of esters is 1. The average Bonchev–Trinajstić information content (AvgIpc) is 3.07. The second kappa shape index (κ2) is 5.63. The second-order valence-electron chi connectivity index (χ2n) is 5.36. The summed E-state index contributed by atoms with van der Waals surface area (Å²) in [7, 11) is 0.